The highest BCUT2D eigenvalue weighted by Crippen LogP contribution is 2.17. The summed E-state index contributed by atoms with van der Waals surface area (Å²) in [4.78, 5) is 11.1. The van der Waals surface area contributed by atoms with Crippen LogP contribution in [0.1, 0.15) is 12.0 Å². The van der Waals surface area contributed by atoms with Crippen LogP contribution in [-0.2, 0) is 14.8 Å². The van der Waals surface area contributed by atoms with Gasteiger partial charge < -0.3 is 11.1 Å². The van der Waals surface area contributed by atoms with Crippen LogP contribution in [0.25, 0.3) is 0 Å². The molecule has 1 aliphatic rings. The molecule has 18 heavy (non-hydrogen) atoms. The quantitative estimate of drug-likeness (QED) is 0.658. The van der Waals surface area contributed by atoms with Crippen molar-refractivity contribution in [3.8, 4) is 0 Å². The van der Waals surface area contributed by atoms with Crippen LogP contribution in [0.3, 0.4) is 0 Å². The maximum Gasteiger partial charge on any atom is 0.240 e. The molecule has 1 saturated heterocycles. The Hall–Kier alpha value is -1.60. The molecular weight excluding hydrogens is 254 g/mol. The van der Waals surface area contributed by atoms with Gasteiger partial charge in [-0.15, -0.1) is 0 Å². The molecule has 1 aliphatic heterocycles. The lowest BCUT2D eigenvalue weighted by Crippen LogP contribution is -2.36. The standard InChI is InChI=1S/C11H15N3O3S/c1-7-2-8(12)4-10(3-7)18(16,17)14-9-5-11(15)13-6-9/h2-4,9,14H,5-6,12H2,1H3,(H,13,15). The molecule has 1 aromatic carbocycles. The SMILES string of the molecule is Cc1cc(N)cc(S(=O)(=O)NC2CNC(=O)C2)c1. The summed E-state index contributed by atoms with van der Waals surface area (Å²) in [6.45, 7) is 2.09. The van der Waals surface area contributed by atoms with Crippen LogP contribution < -0.4 is 15.8 Å². The Morgan fingerprint density at radius 1 is 1.39 bits per heavy atom. The fraction of sp³-hybridized carbons (Fsp3) is 0.364. The van der Waals surface area contributed by atoms with Crippen molar-refractivity contribution in [2.24, 2.45) is 0 Å². The summed E-state index contributed by atoms with van der Waals surface area (Å²) in [5, 5.41) is 2.58. The summed E-state index contributed by atoms with van der Waals surface area (Å²) in [7, 11) is -3.63. The average molecular weight is 269 g/mol. The molecule has 6 nitrogen and oxygen atoms in total. The Bertz CT molecular complexity index is 563. The van der Waals surface area contributed by atoms with Crippen molar-refractivity contribution in [3.05, 3.63) is 23.8 Å². The minimum atomic E-state index is -3.63. The van der Waals surface area contributed by atoms with Gasteiger partial charge in [-0.1, -0.05) is 0 Å². The summed E-state index contributed by atoms with van der Waals surface area (Å²) in [5.41, 5.74) is 6.80. The third-order valence-corrected chi connectivity index (χ3v) is 4.18. The van der Waals surface area contributed by atoms with E-state index in [2.05, 4.69) is 10.0 Å². The zero-order chi connectivity index (χ0) is 13.3. The number of hydrogen-bond donors (Lipinski definition) is 3. The number of hydrogen-bond acceptors (Lipinski definition) is 4. The number of rotatable bonds is 3. The molecule has 4 N–H and O–H groups in total. The van der Waals surface area contributed by atoms with Gasteiger partial charge in [-0.05, 0) is 30.7 Å². The van der Waals surface area contributed by atoms with E-state index < -0.39 is 16.1 Å². The second kappa shape index (κ2) is 4.58. The van der Waals surface area contributed by atoms with Crippen LogP contribution in [0.5, 0.6) is 0 Å². The highest BCUT2D eigenvalue weighted by molar-refractivity contribution is 7.89. The molecule has 1 aromatic rings. The normalized spacial score (nSPS) is 19.8. The van der Waals surface area contributed by atoms with Crippen LogP contribution in [0.2, 0.25) is 0 Å². The van der Waals surface area contributed by atoms with Gasteiger partial charge in [0.2, 0.25) is 15.9 Å². The zero-order valence-electron chi connectivity index (χ0n) is 9.93. The topological polar surface area (TPSA) is 101 Å². The number of nitrogens with two attached hydrogens (primary N) is 1. The van der Waals surface area contributed by atoms with E-state index >= 15 is 0 Å². The summed E-state index contributed by atoms with van der Waals surface area (Å²) in [6.07, 6.45) is 0.167. The molecule has 0 saturated carbocycles. The van der Waals surface area contributed by atoms with E-state index in [1.807, 2.05) is 0 Å². The number of benzene rings is 1. The van der Waals surface area contributed by atoms with Gasteiger partial charge in [0, 0.05) is 24.7 Å². The van der Waals surface area contributed by atoms with Crippen LogP contribution in [0, 0.1) is 6.92 Å². The maximum absolute atomic E-state index is 12.1. The number of nitrogen functional groups attached to an aromatic ring is 1. The maximum atomic E-state index is 12.1. The third kappa shape index (κ3) is 2.80. The fourth-order valence-corrected chi connectivity index (χ4v) is 3.28. The molecule has 0 spiro atoms. The first-order chi connectivity index (χ1) is 8.37. The minimum absolute atomic E-state index is 0.124. The third-order valence-electron chi connectivity index (χ3n) is 2.68. The van der Waals surface area contributed by atoms with Gasteiger partial charge in [-0.2, -0.15) is 0 Å². The first kappa shape index (κ1) is 12.8. The van der Waals surface area contributed by atoms with Crippen LogP contribution in [0.4, 0.5) is 5.69 Å². The second-order valence-corrected chi connectivity index (χ2v) is 6.12. The lowest BCUT2D eigenvalue weighted by Gasteiger charge is -2.12. The molecule has 0 aliphatic carbocycles. The van der Waals surface area contributed by atoms with E-state index in [1.54, 1.807) is 19.1 Å². The molecule has 0 bridgehead atoms. The smallest absolute Gasteiger partial charge is 0.240 e. The summed E-state index contributed by atoms with van der Waals surface area (Å²) >= 11 is 0. The number of carbonyl (C=O) groups is 1. The molecule has 1 amide bonds. The highest BCUT2D eigenvalue weighted by atomic mass is 32.2. The van der Waals surface area contributed by atoms with Crippen molar-refractivity contribution in [3.63, 3.8) is 0 Å². The monoisotopic (exact) mass is 269 g/mol. The van der Waals surface area contributed by atoms with Crippen LogP contribution >= 0.6 is 0 Å². The van der Waals surface area contributed by atoms with Crippen molar-refractivity contribution < 1.29 is 13.2 Å². The van der Waals surface area contributed by atoms with E-state index in [0.717, 1.165) is 5.56 Å². The average Bonchev–Trinajstić information content (AvgIpc) is 2.61. The second-order valence-electron chi connectivity index (χ2n) is 4.41. The largest absolute Gasteiger partial charge is 0.399 e. The Morgan fingerprint density at radius 3 is 2.67 bits per heavy atom. The Morgan fingerprint density at radius 2 is 2.11 bits per heavy atom. The van der Waals surface area contributed by atoms with Gasteiger partial charge in [0.1, 0.15) is 0 Å². The molecule has 98 valence electrons. The molecule has 2 rings (SSSR count). The van der Waals surface area contributed by atoms with Crippen LogP contribution in [-0.4, -0.2) is 26.9 Å². The van der Waals surface area contributed by atoms with E-state index in [4.69, 9.17) is 5.73 Å². The van der Waals surface area contributed by atoms with Crippen molar-refractivity contribution in [2.45, 2.75) is 24.3 Å². The molecule has 0 radical (unpaired) electrons. The predicted octanol–water partition coefficient (Wildman–Crippen LogP) is -0.256. The summed E-state index contributed by atoms with van der Waals surface area (Å²) in [5.74, 6) is -0.147. The lowest BCUT2D eigenvalue weighted by molar-refractivity contribution is -0.119. The molecule has 1 heterocycles. The van der Waals surface area contributed by atoms with Crippen molar-refractivity contribution >= 4 is 21.6 Å². The molecule has 0 aromatic heterocycles. The van der Waals surface area contributed by atoms with Gasteiger partial charge in [0.15, 0.2) is 0 Å². The van der Waals surface area contributed by atoms with Gasteiger partial charge in [0.05, 0.1) is 4.90 Å². The van der Waals surface area contributed by atoms with Gasteiger partial charge in [-0.3, -0.25) is 4.79 Å². The Labute approximate surface area is 106 Å². The van der Waals surface area contributed by atoms with Crippen LogP contribution in [0.15, 0.2) is 23.1 Å². The number of amides is 1. The van der Waals surface area contributed by atoms with Crippen molar-refractivity contribution in [1.29, 1.82) is 0 Å². The number of sulfonamides is 1. The molecule has 1 fully saturated rings. The van der Waals surface area contributed by atoms with E-state index in [-0.39, 0.29) is 17.2 Å². The van der Waals surface area contributed by atoms with E-state index in [9.17, 15) is 13.2 Å². The number of nitrogens with one attached hydrogen (secondary N) is 2. The first-order valence-electron chi connectivity index (χ1n) is 5.53. The number of anilines is 1. The Balaban J connectivity index is 2.22. The number of aryl methyl sites for hydroxylation is 1. The molecular formula is C11H15N3O3S. The van der Waals surface area contributed by atoms with Crippen molar-refractivity contribution in [1.82, 2.24) is 10.0 Å². The number of carbonyl (C=O) groups excluding carboxylic acids is 1. The zero-order valence-corrected chi connectivity index (χ0v) is 10.8. The van der Waals surface area contributed by atoms with Gasteiger partial charge in [-0.25, -0.2) is 13.1 Å². The predicted molar refractivity (Wildman–Crippen MR) is 67.3 cm³/mol. The van der Waals surface area contributed by atoms with Gasteiger partial charge >= 0.3 is 0 Å². The lowest BCUT2D eigenvalue weighted by atomic mass is 10.2. The Kier molecular flexibility index (Phi) is 3.27. The molecule has 7 heteroatoms. The fourth-order valence-electron chi connectivity index (χ4n) is 1.91. The molecule has 1 atom stereocenters. The molecule has 1 unspecified atom stereocenters. The highest BCUT2D eigenvalue weighted by Gasteiger charge is 2.26. The summed E-state index contributed by atoms with van der Waals surface area (Å²) in [6, 6.07) is 4.24. The summed E-state index contributed by atoms with van der Waals surface area (Å²) < 4.78 is 26.7. The minimum Gasteiger partial charge on any atom is -0.399 e. The van der Waals surface area contributed by atoms with E-state index in [0.29, 0.717) is 12.2 Å². The van der Waals surface area contributed by atoms with E-state index in [1.165, 1.54) is 6.07 Å². The first-order valence-corrected chi connectivity index (χ1v) is 7.01. The van der Waals surface area contributed by atoms with Gasteiger partial charge in [0.25, 0.3) is 0 Å². The van der Waals surface area contributed by atoms with Crippen molar-refractivity contribution in [2.75, 3.05) is 12.3 Å².